The van der Waals surface area contributed by atoms with Gasteiger partial charge < -0.3 is 14.8 Å². The van der Waals surface area contributed by atoms with Crippen molar-refractivity contribution in [2.45, 2.75) is 26.3 Å². The van der Waals surface area contributed by atoms with Crippen molar-refractivity contribution in [2.24, 2.45) is 0 Å². The van der Waals surface area contributed by atoms with Crippen LogP contribution in [0.15, 0.2) is 12.4 Å². The first kappa shape index (κ1) is 13.2. The lowest BCUT2D eigenvalue weighted by atomic mass is 10.3. The van der Waals surface area contributed by atoms with Crippen molar-refractivity contribution in [1.82, 2.24) is 19.8 Å². The Labute approximate surface area is 98.7 Å². The monoisotopic (exact) mass is 224 g/mol. The molecule has 1 aromatic heterocycles. The second-order valence-corrected chi connectivity index (χ2v) is 4.43. The molecule has 0 saturated carbocycles. The number of hydrogen-bond donors (Lipinski definition) is 1. The lowest BCUT2D eigenvalue weighted by Crippen LogP contribution is -2.22. The Hall–Kier alpha value is -0.870. The number of aromatic nitrogens is 2. The van der Waals surface area contributed by atoms with E-state index in [2.05, 4.69) is 33.9 Å². The van der Waals surface area contributed by atoms with E-state index in [4.69, 9.17) is 0 Å². The standard InChI is InChI=1S/C12H24N4/c1-12-14-8-11-16(12)10-7-13-6-4-5-9-15(2)3/h8,11,13H,4-7,9-10H2,1-3H3. The highest BCUT2D eigenvalue weighted by atomic mass is 15.1. The minimum absolute atomic E-state index is 1.01. The van der Waals surface area contributed by atoms with Gasteiger partial charge in [-0.2, -0.15) is 0 Å². The molecule has 0 fully saturated rings. The van der Waals surface area contributed by atoms with Crippen molar-refractivity contribution in [3.05, 3.63) is 18.2 Å². The normalized spacial score (nSPS) is 11.2. The van der Waals surface area contributed by atoms with Gasteiger partial charge in [-0.05, 0) is 47.0 Å². The number of hydrogen-bond acceptors (Lipinski definition) is 3. The average Bonchev–Trinajstić information content (AvgIpc) is 2.62. The molecule has 0 bridgehead atoms. The smallest absolute Gasteiger partial charge is 0.105 e. The molecular weight excluding hydrogens is 200 g/mol. The Kier molecular flexibility index (Phi) is 6.11. The van der Waals surface area contributed by atoms with Crippen LogP contribution in [0, 0.1) is 6.92 Å². The topological polar surface area (TPSA) is 33.1 Å². The van der Waals surface area contributed by atoms with E-state index in [-0.39, 0.29) is 0 Å². The summed E-state index contributed by atoms with van der Waals surface area (Å²) in [5, 5.41) is 3.46. The zero-order chi connectivity index (χ0) is 11.8. The summed E-state index contributed by atoms with van der Waals surface area (Å²) in [5.74, 6) is 1.09. The first-order valence-corrected chi connectivity index (χ1v) is 6.03. The molecule has 0 atom stereocenters. The van der Waals surface area contributed by atoms with Crippen LogP contribution in [0.1, 0.15) is 18.7 Å². The molecule has 1 aromatic rings. The fourth-order valence-corrected chi connectivity index (χ4v) is 1.64. The van der Waals surface area contributed by atoms with E-state index < -0.39 is 0 Å². The molecule has 0 saturated heterocycles. The zero-order valence-electron chi connectivity index (χ0n) is 10.7. The molecule has 0 aromatic carbocycles. The average molecular weight is 224 g/mol. The van der Waals surface area contributed by atoms with Crippen molar-refractivity contribution < 1.29 is 0 Å². The van der Waals surface area contributed by atoms with Gasteiger partial charge in [-0.15, -0.1) is 0 Å². The number of aryl methyl sites for hydroxylation is 1. The predicted molar refractivity (Wildman–Crippen MR) is 67.6 cm³/mol. The van der Waals surface area contributed by atoms with Crippen molar-refractivity contribution in [1.29, 1.82) is 0 Å². The summed E-state index contributed by atoms with van der Waals surface area (Å²) < 4.78 is 2.17. The Morgan fingerprint density at radius 3 is 2.75 bits per heavy atom. The van der Waals surface area contributed by atoms with E-state index >= 15 is 0 Å². The van der Waals surface area contributed by atoms with Crippen molar-refractivity contribution >= 4 is 0 Å². The molecule has 4 heteroatoms. The van der Waals surface area contributed by atoms with Gasteiger partial charge in [0.05, 0.1) is 0 Å². The molecule has 0 aliphatic heterocycles. The minimum Gasteiger partial charge on any atom is -0.334 e. The predicted octanol–water partition coefficient (Wildman–Crippen LogP) is 1.12. The van der Waals surface area contributed by atoms with Gasteiger partial charge in [0.1, 0.15) is 5.82 Å². The van der Waals surface area contributed by atoms with Gasteiger partial charge in [0.15, 0.2) is 0 Å². The summed E-state index contributed by atoms with van der Waals surface area (Å²) in [7, 11) is 4.24. The molecule has 0 unspecified atom stereocenters. The van der Waals surface area contributed by atoms with Crippen LogP contribution in [0.5, 0.6) is 0 Å². The van der Waals surface area contributed by atoms with E-state index in [0.717, 1.165) is 25.5 Å². The van der Waals surface area contributed by atoms with Crippen molar-refractivity contribution in [3.63, 3.8) is 0 Å². The number of rotatable bonds is 8. The third-order valence-corrected chi connectivity index (χ3v) is 2.66. The van der Waals surface area contributed by atoms with Gasteiger partial charge in [-0.3, -0.25) is 0 Å². The summed E-state index contributed by atoms with van der Waals surface area (Å²) in [5.41, 5.74) is 0. The molecule has 1 rings (SSSR count). The number of nitrogens with zero attached hydrogens (tertiary/aromatic N) is 3. The summed E-state index contributed by atoms with van der Waals surface area (Å²) in [6.45, 7) is 6.37. The number of imidazole rings is 1. The van der Waals surface area contributed by atoms with Crippen LogP contribution in [0.25, 0.3) is 0 Å². The van der Waals surface area contributed by atoms with Crippen LogP contribution in [0.4, 0.5) is 0 Å². The minimum atomic E-state index is 1.01. The Balaban J connectivity index is 1.94. The van der Waals surface area contributed by atoms with Crippen LogP contribution in [-0.2, 0) is 6.54 Å². The first-order chi connectivity index (χ1) is 7.70. The molecule has 0 amide bonds. The van der Waals surface area contributed by atoms with Gasteiger partial charge in [0.25, 0.3) is 0 Å². The van der Waals surface area contributed by atoms with E-state index in [0.29, 0.717) is 0 Å². The molecule has 0 radical (unpaired) electrons. The molecular formula is C12H24N4. The fourth-order valence-electron chi connectivity index (χ4n) is 1.64. The Bertz CT molecular complexity index is 280. The molecule has 1 heterocycles. The highest BCUT2D eigenvalue weighted by molar-refractivity contribution is 4.88. The summed E-state index contributed by atoms with van der Waals surface area (Å²) in [6, 6.07) is 0. The lowest BCUT2D eigenvalue weighted by Gasteiger charge is -2.10. The molecule has 0 aliphatic carbocycles. The van der Waals surface area contributed by atoms with E-state index in [1.54, 1.807) is 0 Å². The summed E-state index contributed by atoms with van der Waals surface area (Å²) >= 11 is 0. The zero-order valence-corrected chi connectivity index (χ0v) is 10.7. The van der Waals surface area contributed by atoms with Gasteiger partial charge in [0, 0.05) is 25.5 Å². The first-order valence-electron chi connectivity index (χ1n) is 6.03. The maximum Gasteiger partial charge on any atom is 0.105 e. The second-order valence-electron chi connectivity index (χ2n) is 4.43. The van der Waals surface area contributed by atoms with Crippen LogP contribution in [0.3, 0.4) is 0 Å². The van der Waals surface area contributed by atoms with E-state index in [9.17, 15) is 0 Å². The molecule has 16 heavy (non-hydrogen) atoms. The second kappa shape index (κ2) is 7.41. The van der Waals surface area contributed by atoms with Crippen LogP contribution < -0.4 is 5.32 Å². The number of unbranched alkanes of at least 4 members (excludes halogenated alkanes) is 1. The summed E-state index contributed by atoms with van der Waals surface area (Å²) in [4.78, 5) is 6.43. The summed E-state index contributed by atoms with van der Waals surface area (Å²) in [6.07, 6.45) is 6.40. The van der Waals surface area contributed by atoms with Crippen molar-refractivity contribution in [3.8, 4) is 0 Å². The van der Waals surface area contributed by atoms with Gasteiger partial charge in [-0.1, -0.05) is 0 Å². The van der Waals surface area contributed by atoms with E-state index in [1.807, 2.05) is 19.3 Å². The maximum absolute atomic E-state index is 4.19. The quantitative estimate of drug-likeness (QED) is 0.672. The van der Waals surface area contributed by atoms with Crippen LogP contribution >= 0.6 is 0 Å². The van der Waals surface area contributed by atoms with Crippen LogP contribution in [0.2, 0.25) is 0 Å². The molecule has 1 N–H and O–H groups in total. The Morgan fingerprint density at radius 2 is 2.12 bits per heavy atom. The van der Waals surface area contributed by atoms with Gasteiger partial charge in [-0.25, -0.2) is 4.98 Å². The van der Waals surface area contributed by atoms with Crippen molar-refractivity contribution in [2.75, 3.05) is 33.7 Å². The molecule has 4 nitrogen and oxygen atoms in total. The third kappa shape index (κ3) is 5.28. The molecule has 0 spiro atoms. The van der Waals surface area contributed by atoms with Crippen LogP contribution in [-0.4, -0.2) is 48.2 Å². The highest BCUT2D eigenvalue weighted by Crippen LogP contribution is 1.93. The lowest BCUT2D eigenvalue weighted by molar-refractivity contribution is 0.391. The van der Waals surface area contributed by atoms with E-state index in [1.165, 1.54) is 19.4 Å². The van der Waals surface area contributed by atoms with Gasteiger partial charge >= 0.3 is 0 Å². The van der Waals surface area contributed by atoms with Gasteiger partial charge in [0.2, 0.25) is 0 Å². The Morgan fingerprint density at radius 1 is 1.31 bits per heavy atom. The molecule has 92 valence electrons. The highest BCUT2D eigenvalue weighted by Gasteiger charge is 1.95. The maximum atomic E-state index is 4.19. The SMILES string of the molecule is Cc1nccn1CCNCCCCN(C)C. The molecule has 0 aliphatic rings. The largest absolute Gasteiger partial charge is 0.334 e. The fraction of sp³-hybridized carbons (Fsp3) is 0.750. The number of nitrogens with one attached hydrogen (secondary N) is 1. The third-order valence-electron chi connectivity index (χ3n) is 2.66.